The maximum atomic E-state index is 2.50. The lowest BCUT2D eigenvalue weighted by Gasteiger charge is -2.30. The fourth-order valence-electron chi connectivity index (χ4n) is 3.25. The average Bonchev–Trinajstić information content (AvgIpc) is 2.25. The third kappa shape index (κ3) is 0.580. The molecule has 2 rings (SSSR count). The van der Waals surface area contributed by atoms with Crippen LogP contribution in [0.1, 0.15) is 40.0 Å². The van der Waals surface area contributed by atoms with Crippen molar-refractivity contribution in [1.29, 1.82) is 0 Å². The van der Waals surface area contributed by atoms with Crippen LogP contribution in [0.5, 0.6) is 0 Å². The van der Waals surface area contributed by atoms with Crippen LogP contribution in [0.15, 0.2) is 0 Å². The van der Waals surface area contributed by atoms with Crippen molar-refractivity contribution in [3.8, 4) is 0 Å². The van der Waals surface area contributed by atoms with E-state index in [9.17, 15) is 0 Å². The fraction of sp³-hybridized carbons (Fsp3) is 1.00. The van der Waals surface area contributed by atoms with Crippen LogP contribution in [-0.2, 0) is 0 Å². The molecule has 0 aromatic heterocycles. The molecule has 0 nitrogen and oxygen atoms in total. The molecule has 0 heterocycles. The van der Waals surface area contributed by atoms with Gasteiger partial charge in [-0.15, -0.1) is 0 Å². The van der Waals surface area contributed by atoms with Crippen molar-refractivity contribution in [2.45, 2.75) is 40.0 Å². The Morgan fingerprint density at radius 3 is 2.20 bits per heavy atom. The first-order valence-electron chi connectivity index (χ1n) is 4.64. The molecular weight excluding hydrogens is 120 g/mol. The number of fused-ring (bicyclic) bond motifs is 2. The maximum absolute atomic E-state index is 2.50. The van der Waals surface area contributed by atoms with Crippen LogP contribution < -0.4 is 0 Å². The van der Waals surface area contributed by atoms with Gasteiger partial charge in [0.05, 0.1) is 0 Å². The monoisotopic (exact) mass is 138 g/mol. The largest absolute Gasteiger partial charge is 0.0620 e. The molecule has 0 heteroatoms. The van der Waals surface area contributed by atoms with Crippen molar-refractivity contribution in [1.82, 2.24) is 0 Å². The Bertz CT molecular complexity index is 150. The van der Waals surface area contributed by atoms with Crippen LogP contribution in [-0.4, -0.2) is 0 Å². The molecule has 10 heavy (non-hydrogen) atoms. The highest BCUT2D eigenvalue weighted by Gasteiger charge is 2.51. The quantitative estimate of drug-likeness (QED) is 0.482. The van der Waals surface area contributed by atoms with Gasteiger partial charge in [-0.05, 0) is 42.4 Å². The van der Waals surface area contributed by atoms with Crippen molar-refractivity contribution in [2.75, 3.05) is 0 Å². The molecule has 0 saturated heterocycles. The molecule has 2 aliphatic rings. The number of rotatable bonds is 0. The lowest BCUT2D eigenvalue weighted by molar-refractivity contribution is 0.192. The van der Waals surface area contributed by atoms with Gasteiger partial charge in [-0.2, -0.15) is 0 Å². The van der Waals surface area contributed by atoms with Gasteiger partial charge in [-0.25, -0.2) is 0 Å². The molecule has 0 aromatic rings. The van der Waals surface area contributed by atoms with Crippen molar-refractivity contribution in [2.24, 2.45) is 23.2 Å². The highest BCUT2D eigenvalue weighted by molar-refractivity contribution is 5.01. The second kappa shape index (κ2) is 1.78. The van der Waals surface area contributed by atoms with E-state index in [1.165, 1.54) is 19.3 Å². The Labute approximate surface area is 64.0 Å². The SMILES string of the molecule is CC1CC2CC[C@]1(C)C2C. The van der Waals surface area contributed by atoms with Crippen LogP contribution >= 0.6 is 0 Å². The van der Waals surface area contributed by atoms with Gasteiger partial charge >= 0.3 is 0 Å². The van der Waals surface area contributed by atoms with Gasteiger partial charge in [0.2, 0.25) is 0 Å². The molecule has 0 radical (unpaired) electrons. The summed E-state index contributed by atoms with van der Waals surface area (Å²) in [4.78, 5) is 0. The predicted molar refractivity (Wildman–Crippen MR) is 43.8 cm³/mol. The van der Waals surface area contributed by atoms with E-state index in [1.807, 2.05) is 0 Å². The second-order valence-corrected chi connectivity index (χ2v) is 4.73. The van der Waals surface area contributed by atoms with E-state index in [1.54, 1.807) is 0 Å². The average molecular weight is 138 g/mol. The van der Waals surface area contributed by atoms with E-state index in [4.69, 9.17) is 0 Å². The molecule has 2 aliphatic carbocycles. The fourth-order valence-corrected chi connectivity index (χ4v) is 3.25. The zero-order valence-corrected chi connectivity index (χ0v) is 7.35. The minimum Gasteiger partial charge on any atom is -0.0620 e. The van der Waals surface area contributed by atoms with Crippen molar-refractivity contribution < 1.29 is 0 Å². The number of hydrogen-bond acceptors (Lipinski definition) is 0. The van der Waals surface area contributed by atoms with Gasteiger partial charge in [-0.3, -0.25) is 0 Å². The van der Waals surface area contributed by atoms with E-state index in [2.05, 4.69) is 20.8 Å². The van der Waals surface area contributed by atoms with Crippen molar-refractivity contribution >= 4 is 0 Å². The van der Waals surface area contributed by atoms with E-state index in [0.29, 0.717) is 0 Å². The van der Waals surface area contributed by atoms with Crippen LogP contribution in [0.4, 0.5) is 0 Å². The summed E-state index contributed by atoms with van der Waals surface area (Å²) < 4.78 is 0. The smallest absolute Gasteiger partial charge is 0.0272 e. The van der Waals surface area contributed by atoms with E-state index < -0.39 is 0 Å². The van der Waals surface area contributed by atoms with Gasteiger partial charge in [0, 0.05) is 0 Å². The summed E-state index contributed by atoms with van der Waals surface area (Å²) >= 11 is 0. The van der Waals surface area contributed by atoms with Crippen LogP contribution in [0.2, 0.25) is 0 Å². The van der Waals surface area contributed by atoms with Crippen molar-refractivity contribution in [3.63, 3.8) is 0 Å². The van der Waals surface area contributed by atoms with Crippen LogP contribution in [0.25, 0.3) is 0 Å². The zero-order valence-electron chi connectivity index (χ0n) is 7.35. The third-order valence-electron chi connectivity index (χ3n) is 4.58. The number of hydrogen-bond donors (Lipinski definition) is 0. The first-order valence-corrected chi connectivity index (χ1v) is 4.64. The Kier molecular flexibility index (Phi) is 1.19. The zero-order chi connectivity index (χ0) is 7.35. The minimum absolute atomic E-state index is 0.727. The lowest BCUT2D eigenvalue weighted by Crippen LogP contribution is -2.22. The summed E-state index contributed by atoms with van der Waals surface area (Å²) in [6.07, 6.45) is 4.53. The topological polar surface area (TPSA) is 0 Å². The Balaban J connectivity index is 2.29. The molecule has 0 spiro atoms. The third-order valence-corrected chi connectivity index (χ3v) is 4.58. The van der Waals surface area contributed by atoms with Crippen molar-refractivity contribution in [3.05, 3.63) is 0 Å². The molecule has 4 atom stereocenters. The Morgan fingerprint density at radius 1 is 1.30 bits per heavy atom. The molecule has 3 unspecified atom stereocenters. The Morgan fingerprint density at radius 2 is 2.00 bits per heavy atom. The summed E-state index contributed by atoms with van der Waals surface area (Å²) in [7, 11) is 0. The lowest BCUT2D eigenvalue weighted by atomic mass is 9.75. The van der Waals surface area contributed by atoms with Crippen LogP contribution in [0, 0.1) is 23.2 Å². The minimum atomic E-state index is 0.727. The highest BCUT2D eigenvalue weighted by Crippen LogP contribution is 2.60. The summed E-state index contributed by atoms with van der Waals surface area (Å²) in [5.41, 5.74) is 0.727. The summed E-state index contributed by atoms with van der Waals surface area (Å²) in [5.74, 6) is 3.10. The molecular formula is C10H18. The molecule has 0 amide bonds. The molecule has 2 saturated carbocycles. The highest BCUT2D eigenvalue weighted by atomic mass is 14.6. The van der Waals surface area contributed by atoms with Gasteiger partial charge < -0.3 is 0 Å². The standard InChI is InChI=1S/C10H18/c1-7-6-9-4-5-10(7,3)8(9)2/h7-9H,4-6H2,1-3H3/t7?,8?,9?,10-/m0/s1. The van der Waals surface area contributed by atoms with Crippen LogP contribution in [0.3, 0.4) is 0 Å². The van der Waals surface area contributed by atoms with E-state index >= 15 is 0 Å². The molecule has 2 bridgehead atoms. The Hall–Kier alpha value is 0. The normalized spacial score (nSPS) is 59.7. The van der Waals surface area contributed by atoms with E-state index in [-0.39, 0.29) is 0 Å². The second-order valence-electron chi connectivity index (χ2n) is 4.73. The summed E-state index contributed by atoms with van der Waals surface area (Å²) in [5, 5.41) is 0. The summed E-state index contributed by atoms with van der Waals surface area (Å²) in [6.45, 7) is 7.40. The molecule has 0 N–H and O–H groups in total. The molecule has 2 fully saturated rings. The van der Waals surface area contributed by atoms with Gasteiger partial charge in [0.15, 0.2) is 0 Å². The molecule has 0 aliphatic heterocycles. The molecule has 58 valence electrons. The predicted octanol–water partition coefficient (Wildman–Crippen LogP) is 3.08. The molecule has 0 aromatic carbocycles. The first kappa shape index (κ1) is 6.69. The van der Waals surface area contributed by atoms with E-state index in [0.717, 1.165) is 23.2 Å². The van der Waals surface area contributed by atoms with Gasteiger partial charge in [0.1, 0.15) is 0 Å². The summed E-state index contributed by atoms with van der Waals surface area (Å²) in [6, 6.07) is 0. The van der Waals surface area contributed by atoms with Gasteiger partial charge in [0.25, 0.3) is 0 Å². The maximum Gasteiger partial charge on any atom is -0.0272 e. The first-order chi connectivity index (χ1) is 4.64. The van der Waals surface area contributed by atoms with Gasteiger partial charge in [-0.1, -0.05) is 20.8 Å².